The number of nitrogens with one attached hydrogen (secondary N) is 1. The van der Waals surface area contributed by atoms with Crippen LogP contribution < -0.4 is 5.32 Å². The molecule has 0 aliphatic carbocycles. The number of rotatable bonds is 3. The van der Waals surface area contributed by atoms with Crippen molar-refractivity contribution in [3.8, 4) is 0 Å². The molecule has 1 atom stereocenters. The van der Waals surface area contributed by atoms with Crippen LogP contribution in [-0.2, 0) is 0 Å². The number of hydrogen-bond acceptors (Lipinski definition) is 3. The van der Waals surface area contributed by atoms with E-state index in [-0.39, 0.29) is 11.5 Å². The van der Waals surface area contributed by atoms with Crippen molar-refractivity contribution in [2.24, 2.45) is 10.4 Å². The third-order valence-electron chi connectivity index (χ3n) is 2.26. The van der Waals surface area contributed by atoms with Gasteiger partial charge in [-0.05, 0) is 18.3 Å². The minimum atomic E-state index is -0.265. The van der Waals surface area contributed by atoms with Gasteiger partial charge in [0.05, 0.1) is 11.9 Å². The maximum atomic E-state index is 9.73. The van der Waals surface area contributed by atoms with E-state index in [1.165, 1.54) is 0 Å². The lowest BCUT2D eigenvalue weighted by Gasteiger charge is -2.22. The minimum Gasteiger partial charge on any atom is -0.391 e. The fourth-order valence-corrected chi connectivity index (χ4v) is 1.70. The number of aliphatic hydroxyl groups excluding tert-OH is 1. The standard InChI is InChI=1S/C11H22N2O/c1-11(2,3)7-9(14)8-13-10-5-4-6-12-10/h9,14H,4-8H2,1-3H3,(H,12,13). The highest BCUT2D eigenvalue weighted by molar-refractivity contribution is 5.83. The van der Waals surface area contributed by atoms with Gasteiger partial charge in [-0.25, -0.2) is 0 Å². The van der Waals surface area contributed by atoms with E-state index in [2.05, 4.69) is 31.1 Å². The zero-order valence-electron chi connectivity index (χ0n) is 9.51. The molecule has 0 saturated heterocycles. The van der Waals surface area contributed by atoms with Crippen LogP contribution in [0.2, 0.25) is 0 Å². The maximum Gasteiger partial charge on any atom is 0.0964 e. The third kappa shape index (κ3) is 4.61. The van der Waals surface area contributed by atoms with Gasteiger partial charge in [0, 0.05) is 19.5 Å². The Hall–Kier alpha value is -0.570. The highest BCUT2D eigenvalue weighted by atomic mass is 16.3. The maximum absolute atomic E-state index is 9.73. The molecule has 1 rings (SSSR count). The minimum absolute atomic E-state index is 0.193. The van der Waals surface area contributed by atoms with Crippen LogP contribution >= 0.6 is 0 Å². The first kappa shape index (κ1) is 11.5. The van der Waals surface area contributed by atoms with E-state index in [9.17, 15) is 5.11 Å². The van der Waals surface area contributed by atoms with Crippen molar-refractivity contribution in [1.29, 1.82) is 0 Å². The normalized spacial score (nSPS) is 19.3. The topological polar surface area (TPSA) is 44.6 Å². The molecule has 0 spiro atoms. The van der Waals surface area contributed by atoms with Crippen LogP contribution in [-0.4, -0.2) is 30.1 Å². The lowest BCUT2D eigenvalue weighted by molar-refractivity contribution is 0.124. The summed E-state index contributed by atoms with van der Waals surface area (Å²) in [5.41, 5.74) is 0.193. The third-order valence-corrected chi connectivity index (χ3v) is 2.26. The Morgan fingerprint density at radius 3 is 2.71 bits per heavy atom. The van der Waals surface area contributed by atoms with Crippen molar-refractivity contribution in [3.63, 3.8) is 0 Å². The number of aliphatic hydroxyl groups is 1. The molecule has 3 nitrogen and oxygen atoms in total. The molecular formula is C11H22N2O. The Morgan fingerprint density at radius 2 is 2.21 bits per heavy atom. The summed E-state index contributed by atoms with van der Waals surface area (Å²) in [7, 11) is 0. The van der Waals surface area contributed by atoms with Crippen molar-refractivity contribution < 1.29 is 5.11 Å². The molecule has 0 aromatic rings. The van der Waals surface area contributed by atoms with Crippen LogP contribution in [0.4, 0.5) is 0 Å². The fraction of sp³-hybridized carbons (Fsp3) is 0.909. The van der Waals surface area contributed by atoms with Crippen LogP contribution in [0.5, 0.6) is 0 Å². The lowest BCUT2D eigenvalue weighted by atomic mass is 9.89. The average molecular weight is 198 g/mol. The molecule has 0 aromatic carbocycles. The molecule has 0 amide bonds. The second-order valence-electron chi connectivity index (χ2n) is 5.23. The van der Waals surface area contributed by atoms with Gasteiger partial charge in [0.15, 0.2) is 0 Å². The Labute approximate surface area is 86.6 Å². The summed E-state index contributed by atoms with van der Waals surface area (Å²) in [6.07, 6.45) is 2.76. The van der Waals surface area contributed by atoms with Gasteiger partial charge >= 0.3 is 0 Å². The first-order valence-electron chi connectivity index (χ1n) is 5.43. The quantitative estimate of drug-likeness (QED) is 0.723. The largest absolute Gasteiger partial charge is 0.391 e. The highest BCUT2D eigenvalue weighted by Gasteiger charge is 2.17. The molecule has 1 aliphatic rings. The molecule has 2 N–H and O–H groups in total. The molecule has 0 fully saturated rings. The van der Waals surface area contributed by atoms with Crippen LogP contribution in [0, 0.1) is 5.41 Å². The monoisotopic (exact) mass is 198 g/mol. The Kier molecular flexibility index (Phi) is 3.93. The van der Waals surface area contributed by atoms with Crippen molar-refractivity contribution in [1.82, 2.24) is 5.32 Å². The highest BCUT2D eigenvalue weighted by Crippen LogP contribution is 2.20. The number of amidine groups is 1. The van der Waals surface area contributed by atoms with E-state index in [0.717, 1.165) is 31.6 Å². The summed E-state index contributed by atoms with van der Waals surface area (Å²) in [4.78, 5) is 4.30. The van der Waals surface area contributed by atoms with E-state index in [0.29, 0.717) is 6.54 Å². The number of hydrogen-bond donors (Lipinski definition) is 2. The molecule has 1 unspecified atom stereocenters. The molecule has 14 heavy (non-hydrogen) atoms. The molecule has 1 heterocycles. The summed E-state index contributed by atoms with van der Waals surface area (Å²) in [6, 6.07) is 0. The molecule has 0 radical (unpaired) electrons. The van der Waals surface area contributed by atoms with Crippen LogP contribution in [0.15, 0.2) is 4.99 Å². The molecule has 0 bridgehead atoms. The first-order valence-corrected chi connectivity index (χ1v) is 5.43. The van der Waals surface area contributed by atoms with Crippen LogP contribution in [0.25, 0.3) is 0 Å². The predicted octanol–water partition coefficient (Wildman–Crippen LogP) is 1.57. The van der Waals surface area contributed by atoms with Gasteiger partial charge in [0.2, 0.25) is 0 Å². The van der Waals surface area contributed by atoms with Gasteiger partial charge in [0.25, 0.3) is 0 Å². The number of aliphatic imine (C=N–C) groups is 1. The smallest absolute Gasteiger partial charge is 0.0964 e. The molecule has 0 saturated carbocycles. The van der Waals surface area contributed by atoms with E-state index in [4.69, 9.17) is 0 Å². The second-order valence-corrected chi connectivity index (χ2v) is 5.23. The van der Waals surface area contributed by atoms with Gasteiger partial charge in [0.1, 0.15) is 0 Å². The van der Waals surface area contributed by atoms with Crippen LogP contribution in [0.3, 0.4) is 0 Å². The SMILES string of the molecule is CC(C)(C)CC(O)CNC1=NCCC1. The summed E-state index contributed by atoms with van der Waals surface area (Å²) < 4.78 is 0. The van der Waals surface area contributed by atoms with Gasteiger partial charge in [-0.1, -0.05) is 20.8 Å². The molecule has 0 aromatic heterocycles. The van der Waals surface area contributed by atoms with Gasteiger partial charge in [-0.2, -0.15) is 0 Å². The lowest BCUT2D eigenvalue weighted by Crippen LogP contribution is -2.33. The van der Waals surface area contributed by atoms with Gasteiger partial charge < -0.3 is 10.4 Å². The Balaban J connectivity index is 2.17. The Morgan fingerprint density at radius 1 is 1.50 bits per heavy atom. The molecule has 3 heteroatoms. The second kappa shape index (κ2) is 4.78. The van der Waals surface area contributed by atoms with Gasteiger partial charge in [-0.15, -0.1) is 0 Å². The Bertz CT molecular complexity index is 206. The van der Waals surface area contributed by atoms with Crippen molar-refractivity contribution in [3.05, 3.63) is 0 Å². The first-order chi connectivity index (χ1) is 6.47. The summed E-state index contributed by atoms with van der Waals surface area (Å²) in [6.45, 7) is 8.00. The number of nitrogens with zero attached hydrogens (tertiary/aromatic N) is 1. The van der Waals surface area contributed by atoms with Crippen molar-refractivity contribution in [2.75, 3.05) is 13.1 Å². The molecular weight excluding hydrogens is 176 g/mol. The summed E-state index contributed by atoms with van der Waals surface area (Å²) in [5.74, 6) is 1.07. The van der Waals surface area contributed by atoms with Crippen molar-refractivity contribution >= 4 is 5.84 Å². The van der Waals surface area contributed by atoms with E-state index in [1.54, 1.807) is 0 Å². The fourth-order valence-electron chi connectivity index (χ4n) is 1.70. The van der Waals surface area contributed by atoms with E-state index >= 15 is 0 Å². The van der Waals surface area contributed by atoms with E-state index in [1.807, 2.05) is 0 Å². The van der Waals surface area contributed by atoms with Crippen molar-refractivity contribution in [2.45, 2.75) is 46.1 Å². The molecule has 1 aliphatic heterocycles. The zero-order chi connectivity index (χ0) is 10.6. The summed E-state index contributed by atoms with van der Waals surface area (Å²) in [5, 5.41) is 12.9. The van der Waals surface area contributed by atoms with Crippen LogP contribution in [0.1, 0.15) is 40.0 Å². The predicted molar refractivity (Wildman–Crippen MR) is 59.6 cm³/mol. The zero-order valence-corrected chi connectivity index (χ0v) is 9.51. The summed E-state index contributed by atoms with van der Waals surface area (Å²) >= 11 is 0. The average Bonchev–Trinajstić information content (AvgIpc) is 2.49. The molecule has 82 valence electrons. The van der Waals surface area contributed by atoms with E-state index < -0.39 is 0 Å². The van der Waals surface area contributed by atoms with Gasteiger partial charge in [-0.3, -0.25) is 4.99 Å².